The van der Waals surface area contributed by atoms with Crippen LogP contribution in [0.5, 0.6) is 0 Å². The quantitative estimate of drug-likeness (QED) is 0.618. The molecule has 1 aromatic heterocycles. The van der Waals surface area contributed by atoms with Crippen LogP contribution in [0, 0.1) is 6.92 Å². The maximum Gasteiger partial charge on any atom is 0.341 e. The topological polar surface area (TPSA) is 82.5 Å². The van der Waals surface area contributed by atoms with Gasteiger partial charge in [-0.05, 0) is 55.8 Å². The minimum absolute atomic E-state index is 0.212. The van der Waals surface area contributed by atoms with E-state index in [0.717, 1.165) is 11.3 Å². The van der Waals surface area contributed by atoms with Crippen molar-refractivity contribution in [3.63, 3.8) is 0 Å². The lowest BCUT2D eigenvalue weighted by Crippen LogP contribution is -2.12. The summed E-state index contributed by atoms with van der Waals surface area (Å²) >= 11 is 0. The molecule has 1 heterocycles. The first-order chi connectivity index (χ1) is 14.0. The summed E-state index contributed by atoms with van der Waals surface area (Å²) in [6.45, 7) is 4.35. The zero-order valence-electron chi connectivity index (χ0n) is 16.6. The van der Waals surface area contributed by atoms with Crippen molar-refractivity contribution in [1.82, 2.24) is 9.78 Å². The number of hydrogen-bond donors (Lipinski definition) is 1. The van der Waals surface area contributed by atoms with Gasteiger partial charge in [-0.2, -0.15) is 5.10 Å². The van der Waals surface area contributed by atoms with E-state index in [1.54, 1.807) is 49.9 Å². The van der Waals surface area contributed by atoms with Gasteiger partial charge in [0.25, 0.3) is 5.91 Å². The zero-order valence-corrected chi connectivity index (χ0v) is 16.6. The van der Waals surface area contributed by atoms with Crippen molar-refractivity contribution in [1.29, 1.82) is 0 Å². The van der Waals surface area contributed by atoms with Crippen LogP contribution in [0.3, 0.4) is 0 Å². The second-order valence-electron chi connectivity index (χ2n) is 6.41. The van der Waals surface area contributed by atoms with E-state index in [1.807, 2.05) is 24.3 Å². The molecule has 29 heavy (non-hydrogen) atoms. The van der Waals surface area contributed by atoms with Gasteiger partial charge in [0.2, 0.25) is 0 Å². The third-order valence-corrected chi connectivity index (χ3v) is 4.38. The first-order valence-electron chi connectivity index (χ1n) is 9.25. The summed E-state index contributed by atoms with van der Waals surface area (Å²) in [6, 6.07) is 14.5. The normalized spacial score (nSPS) is 10.6. The lowest BCUT2D eigenvalue weighted by Gasteiger charge is -2.09. The third kappa shape index (κ3) is 4.70. The van der Waals surface area contributed by atoms with Gasteiger partial charge in [-0.3, -0.25) is 4.79 Å². The van der Waals surface area contributed by atoms with E-state index in [1.165, 1.54) is 6.20 Å². The SMILES string of the molecule is CCOC(=O)c1cnn(-c2ccc(C(=O)Nc3cccc(COC)c3)cc2)c1C. The molecular weight excluding hydrogens is 370 g/mol. The maximum absolute atomic E-state index is 12.5. The van der Waals surface area contributed by atoms with E-state index in [4.69, 9.17) is 9.47 Å². The van der Waals surface area contributed by atoms with Crippen LogP contribution in [0.25, 0.3) is 5.69 Å². The zero-order chi connectivity index (χ0) is 20.8. The van der Waals surface area contributed by atoms with Gasteiger partial charge < -0.3 is 14.8 Å². The van der Waals surface area contributed by atoms with Crippen LogP contribution >= 0.6 is 0 Å². The Labute approximate surface area is 169 Å². The molecule has 0 aliphatic carbocycles. The van der Waals surface area contributed by atoms with Crippen LogP contribution in [0.4, 0.5) is 5.69 Å². The summed E-state index contributed by atoms with van der Waals surface area (Å²) in [5.74, 6) is -0.613. The average molecular weight is 393 g/mol. The molecule has 3 rings (SSSR count). The number of aromatic nitrogens is 2. The molecular formula is C22H23N3O4. The Hall–Kier alpha value is -3.45. The number of benzene rings is 2. The molecule has 0 atom stereocenters. The highest BCUT2D eigenvalue weighted by Crippen LogP contribution is 2.17. The fraction of sp³-hybridized carbons (Fsp3) is 0.227. The van der Waals surface area contributed by atoms with Crippen molar-refractivity contribution in [2.24, 2.45) is 0 Å². The first kappa shape index (κ1) is 20.3. The van der Waals surface area contributed by atoms with Gasteiger partial charge in [0.05, 0.1) is 30.8 Å². The van der Waals surface area contributed by atoms with Crippen molar-refractivity contribution < 1.29 is 19.1 Å². The lowest BCUT2D eigenvalue weighted by atomic mass is 10.1. The molecule has 7 nitrogen and oxygen atoms in total. The van der Waals surface area contributed by atoms with Crippen LogP contribution in [-0.2, 0) is 16.1 Å². The highest BCUT2D eigenvalue weighted by Gasteiger charge is 2.16. The molecule has 0 saturated heterocycles. The predicted octanol–water partition coefficient (Wildman–Crippen LogP) is 3.76. The molecule has 0 spiro atoms. The molecule has 0 fully saturated rings. The molecule has 1 amide bonds. The minimum atomic E-state index is -0.400. The van der Waals surface area contributed by atoms with Crippen molar-refractivity contribution >= 4 is 17.6 Å². The smallest absolute Gasteiger partial charge is 0.341 e. The number of nitrogens with zero attached hydrogens (tertiary/aromatic N) is 2. The summed E-state index contributed by atoms with van der Waals surface area (Å²) in [5.41, 5.74) is 4.04. The van der Waals surface area contributed by atoms with Gasteiger partial charge in [0.1, 0.15) is 5.56 Å². The van der Waals surface area contributed by atoms with E-state index in [9.17, 15) is 9.59 Å². The van der Waals surface area contributed by atoms with Crippen LogP contribution in [0.2, 0.25) is 0 Å². The Morgan fingerprint density at radius 1 is 1.14 bits per heavy atom. The highest BCUT2D eigenvalue weighted by atomic mass is 16.5. The number of methoxy groups -OCH3 is 1. The van der Waals surface area contributed by atoms with E-state index in [0.29, 0.717) is 35.7 Å². The Kier molecular flexibility index (Phi) is 6.41. The summed E-state index contributed by atoms with van der Waals surface area (Å²) in [6.07, 6.45) is 1.49. The molecule has 0 radical (unpaired) electrons. The van der Waals surface area contributed by atoms with Crippen molar-refractivity contribution in [2.75, 3.05) is 19.0 Å². The Morgan fingerprint density at radius 3 is 2.59 bits per heavy atom. The summed E-state index contributed by atoms with van der Waals surface area (Å²) < 4.78 is 11.8. The van der Waals surface area contributed by atoms with Gasteiger partial charge >= 0.3 is 5.97 Å². The van der Waals surface area contributed by atoms with E-state index in [2.05, 4.69) is 10.4 Å². The molecule has 0 bridgehead atoms. The van der Waals surface area contributed by atoms with Gasteiger partial charge in [0.15, 0.2) is 0 Å². The summed E-state index contributed by atoms with van der Waals surface area (Å²) in [5, 5.41) is 7.14. The molecule has 2 aromatic carbocycles. The second-order valence-corrected chi connectivity index (χ2v) is 6.41. The van der Waals surface area contributed by atoms with Crippen molar-refractivity contribution in [3.8, 4) is 5.69 Å². The van der Waals surface area contributed by atoms with Crippen LogP contribution in [0.1, 0.15) is 38.9 Å². The fourth-order valence-corrected chi connectivity index (χ4v) is 2.94. The van der Waals surface area contributed by atoms with Crippen molar-refractivity contribution in [3.05, 3.63) is 77.1 Å². The number of amides is 1. The number of carbonyl (C=O) groups is 2. The molecule has 0 aliphatic rings. The lowest BCUT2D eigenvalue weighted by molar-refractivity contribution is 0.0525. The minimum Gasteiger partial charge on any atom is -0.462 e. The third-order valence-electron chi connectivity index (χ3n) is 4.38. The van der Waals surface area contributed by atoms with Crippen LogP contribution in [0.15, 0.2) is 54.7 Å². The number of anilines is 1. The van der Waals surface area contributed by atoms with E-state index in [-0.39, 0.29) is 5.91 Å². The molecule has 7 heteroatoms. The number of ether oxygens (including phenoxy) is 2. The fourth-order valence-electron chi connectivity index (χ4n) is 2.94. The maximum atomic E-state index is 12.5. The number of nitrogens with one attached hydrogen (secondary N) is 1. The molecule has 150 valence electrons. The monoisotopic (exact) mass is 393 g/mol. The molecule has 1 N–H and O–H groups in total. The van der Waals surface area contributed by atoms with Gasteiger partial charge in [-0.25, -0.2) is 9.48 Å². The first-order valence-corrected chi connectivity index (χ1v) is 9.25. The highest BCUT2D eigenvalue weighted by molar-refractivity contribution is 6.04. The summed E-state index contributed by atoms with van der Waals surface area (Å²) in [7, 11) is 1.63. The summed E-state index contributed by atoms with van der Waals surface area (Å²) in [4.78, 5) is 24.5. The second kappa shape index (κ2) is 9.16. The number of rotatable bonds is 7. The Balaban J connectivity index is 1.74. The number of esters is 1. The standard InChI is InChI=1S/C22H23N3O4/c1-4-29-22(27)20-13-23-25(15(20)2)19-10-8-17(9-11-19)21(26)24-18-7-5-6-16(12-18)14-28-3/h5-13H,4,14H2,1-3H3,(H,24,26). The number of carbonyl (C=O) groups excluding carboxylic acids is 2. The van der Waals surface area contributed by atoms with E-state index < -0.39 is 5.97 Å². The molecule has 3 aromatic rings. The molecule has 0 aliphatic heterocycles. The van der Waals surface area contributed by atoms with Crippen LogP contribution in [-0.4, -0.2) is 35.4 Å². The number of hydrogen-bond acceptors (Lipinski definition) is 5. The Bertz CT molecular complexity index is 1010. The van der Waals surface area contributed by atoms with E-state index >= 15 is 0 Å². The molecule has 0 saturated carbocycles. The molecule has 0 unspecified atom stereocenters. The van der Waals surface area contributed by atoms with Gasteiger partial charge in [-0.15, -0.1) is 0 Å². The Morgan fingerprint density at radius 2 is 1.90 bits per heavy atom. The largest absolute Gasteiger partial charge is 0.462 e. The van der Waals surface area contributed by atoms with Gasteiger partial charge in [0, 0.05) is 18.4 Å². The van der Waals surface area contributed by atoms with Crippen molar-refractivity contribution in [2.45, 2.75) is 20.5 Å². The predicted molar refractivity (Wildman–Crippen MR) is 109 cm³/mol. The average Bonchev–Trinajstić information content (AvgIpc) is 3.10. The van der Waals surface area contributed by atoms with Crippen LogP contribution < -0.4 is 5.32 Å². The van der Waals surface area contributed by atoms with Gasteiger partial charge in [-0.1, -0.05) is 12.1 Å².